The normalized spacial score (nSPS) is 12.0. The summed E-state index contributed by atoms with van der Waals surface area (Å²) in [6.07, 6.45) is 22.7. The fraction of sp³-hybridized carbons (Fsp3) is 0.846. The summed E-state index contributed by atoms with van der Waals surface area (Å²) in [6.45, 7) is 8.94. The van der Waals surface area contributed by atoms with E-state index in [1.807, 2.05) is 0 Å². The van der Waals surface area contributed by atoms with Crippen molar-refractivity contribution in [3.8, 4) is 0 Å². The van der Waals surface area contributed by atoms with E-state index < -0.39 is 12.1 Å². The number of carbonyl (C=O) groups excluding carboxylic acids is 2. The van der Waals surface area contributed by atoms with E-state index in [1.54, 1.807) is 6.92 Å². The van der Waals surface area contributed by atoms with Crippen LogP contribution in [-0.2, 0) is 14.3 Å². The summed E-state index contributed by atoms with van der Waals surface area (Å²) in [6, 6.07) is 0. The molecule has 0 aliphatic rings. The molecular formula is C26H48O3. The van der Waals surface area contributed by atoms with E-state index in [-0.39, 0.29) is 5.78 Å². The van der Waals surface area contributed by atoms with Crippen molar-refractivity contribution in [1.82, 2.24) is 0 Å². The van der Waals surface area contributed by atoms with Crippen LogP contribution < -0.4 is 0 Å². The molecule has 0 radical (unpaired) electrons. The van der Waals surface area contributed by atoms with E-state index >= 15 is 0 Å². The average Bonchev–Trinajstić information content (AvgIpc) is 2.68. The molecule has 0 aromatic rings. The molecule has 0 saturated carbocycles. The Kier molecular flexibility index (Phi) is 19.4. The number of ether oxygens (including phenoxy) is 1. The topological polar surface area (TPSA) is 43.4 Å². The van der Waals surface area contributed by atoms with Gasteiger partial charge in [0.25, 0.3) is 0 Å². The van der Waals surface area contributed by atoms with Crippen LogP contribution in [0.5, 0.6) is 0 Å². The highest BCUT2D eigenvalue weighted by Crippen LogP contribution is 2.15. The molecule has 1 unspecified atom stereocenters. The Morgan fingerprint density at radius 1 is 0.655 bits per heavy atom. The minimum Gasteiger partial charge on any atom is -0.451 e. The highest BCUT2D eigenvalue weighted by molar-refractivity contribution is 5.90. The van der Waals surface area contributed by atoms with Crippen LogP contribution in [0, 0.1) is 0 Å². The maximum Gasteiger partial charge on any atom is 0.333 e. The van der Waals surface area contributed by atoms with Gasteiger partial charge in [-0.15, -0.1) is 0 Å². The molecule has 1 atom stereocenters. The van der Waals surface area contributed by atoms with Crippen LogP contribution in [-0.4, -0.2) is 17.9 Å². The maximum absolute atomic E-state index is 11.6. The van der Waals surface area contributed by atoms with E-state index in [4.69, 9.17) is 4.74 Å². The first-order chi connectivity index (χ1) is 14.0. The Labute approximate surface area is 181 Å². The molecule has 0 heterocycles. The molecule has 0 rings (SSSR count). The number of rotatable bonds is 21. The van der Waals surface area contributed by atoms with Crippen molar-refractivity contribution >= 4 is 11.8 Å². The molecular weight excluding hydrogens is 360 g/mol. The molecule has 0 spiro atoms. The fourth-order valence-electron chi connectivity index (χ4n) is 3.63. The summed E-state index contributed by atoms with van der Waals surface area (Å²) in [5.41, 5.74) is 0.346. The van der Waals surface area contributed by atoms with Crippen LogP contribution >= 0.6 is 0 Å². The van der Waals surface area contributed by atoms with E-state index in [0.717, 1.165) is 12.8 Å². The van der Waals surface area contributed by atoms with Crippen molar-refractivity contribution in [2.75, 3.05) is 0 Å². The zero-order valence-corrected chi connectivity index (χ0v) is 19.7. The lowest BCUT2D eigenvalue weighted by atomic mass is 10.0. The van der Waals surface area contributed by atoms with E-state index in [9.17, 15) is 9.59 Å². The Morgan fingerprint density at radius 2 is 1.00 bits per heavy atom. The van der Waals surface area contributed by atoms with Crippen LogP contribution in [0.25, 0.3) is 0 Å². The third-order valence-electron chi connectivity index (χ3n) is 5.62. The van der Waals surface area contributed by atoms with Gasteiger partial charge in [0, 0.05) is 5.57 Å². The van der Waals surface area contributed by atoms with Gasteiger partial charge in [0.05, 0.1) is 0 Å². The molecule has 0 saturated heterocycles. The van der Waals surface area contributed by atoms with Crippen molar-refractivity contribution < 1.29 is 14.3 Å². The van der Waals surface area contributed by atoms with Crippen LogP contribution in [0.4, 0.5) is 0 Å². The molecule has 0 aliphatic heterocycles. The van der Waals surface area contributed by atoms with E-state index in [2.05, 4.69) is 13.5 Å². The SMILES string of the molecule is C=C(C)C(=O)OC(CCCCCCCCCCCCCCCCCCC)C(C)=O. The Bertz CT molecular complexity index is 428. The average molecular weight is 409 g/mol. The van der Waals surface area contributed by atoms with Crippen LogP contribution in [0.15, 0.2) is 12.2 Å². The summed E-state index contributed by atoms with van der Waals surface area (Å²) >= 11 is 0. The van der Waals surface area contributed by atoms with Gasteiger partial charge >= 0.3 is 5.97 Å². The Hall–Kier alpha value is -1.12. The molecule has 0 aromatic carbocycles. The zero-order chi connectivity index (χ0) is 21.7. The van der Waals surface area contributed by atoms with Crippen LogP contribution in [0.3, 0.4) is 0 Å². The molecule has 170 valence electrons. The first-order valence-corrected chi connectivity index (χ1v) is 12.4. The first-order valence-electron chi connectivity index (χ1n) is 12.4. The highest BCUT2D eigenvalue weighted by atomic mass is 16.5. The summed E-state index contributed by atoms with van der Waals surface area (Å²) < 4.78 is 5.21. The first kappa shape index (κ1) is 27.9. The maximum atomic E-state index is 11.6. The van der Waals surface area contributed by atoms with Crippen molar-refractivity contribution in [2.24, 2.45) is 0 Å². The number of esters is 1. The quantitative estimate of drug-likeness (QED) is 0.109. The van der Waals surface area contributed by atoms with Gasteiger partial charge < -0.3 is 4.74 Å². The zero-order valence-electron chi connectivity index (χ0n) is 19.7. The van der Waals surface area contributed by atoms with Gasteiger partial charge in [-0.1, -0.05) is 116 Å². The van der Waals surface area contributed by atoms with Crippen molar-refractivity contribution in [2.45, 2.75) is 142 Å². The molecule has 0 aliphatic carbocycles. The van der Waals surface area contributed by atoms with Crippen molar-refractivity contribution in [1.29, 1.82) is 0 Å². The van der Waals surface area contributed by atoms with Crippen molar-refractivity contribution in [3.63, 3.8) is 0 Å². The Morgan fingerprint density at radius 3 is 1.31 bits per heavy atom. The standard InChI is InChI=1S/C26H48O3/c1-5-6-7-8-9-10-11-12-13-14-15-16-17-18-19-20-21-22-25(24(4)27)29-26(28)23(2)3/h25H,2,5-22H2,1,3-4H3. The fourth-order valence-corrected chi connectivity index (χ4v) is 3.63. The molecule has 0 aromatic heterocycles. The monoisotopic (exact) mass is 408 g/mol. The largest absolute Gasteiger partial charge is 0.451 e. The van der Waals surface area contributed by atoms with Gasteiger partial charge in [-0.2, -0.15) is 0 Å². The summed E-state index contributed by atoms with van der Waals surface area (Å²) in [5, 5.41) is 0. The van der Waals surface area contributed by atoms with Gasteiger partial charge in [-0.3, -0.25) is 4.79 Å². The van der Waals surface area contributed by atoms with Gasteiger partial charge in [0.15, 0.2) is 11.9 Å². The molecule has 3 nitrogen and oxygen atoms in total. The number of carbonyl (C=O) groups is 2. The summed E-state index contributed by atoms with van der Waals surface area (Å²) in [7, 11) is 0. The predicted molar refractivity (Wildman–Crippen MR) is 124 cm³/mol. The summed E-state index contributed by atoms with van der Waals surface area (Å²) in [5.74, 6) is -0.534. The van der Waals surface area contributed by atoms with Gasteiger partial charge in [0.1, 0.15) is 0 Å². The third kappa shape index (κ3) is 18.6. The van der Waals surface area contributed by atoms with E-state index in [1.165, 1.54) is 103 Å². The number of hydrogen-bond donors (Lipinski definition) is 0. The second-order valence-electron chi connectivity index (χ2n) is 8.73. The predicted octanol–water partition coefficient (Wildman–Crippen LogP) is 8.11. The van der Waals surface area contributed by atoms with Gasteiger partial charge in [0.2, 0.25) is 0 Å². The minimum atomic E-state index is -0.601. The lowest BCUT2D eigenvalue weighted by Gasteiger charge is -2.15. The molecule has 0 amide bonds. The van der Waals surface area contributed by atoms with E-state index in [0.29, 0.717) is 12.0 Å². The number of hydrogen-bond acceptors (Lipinski definition) is 3. The van der Waals surface area contributed by atoms with Crippen molar-refractivity contribution in [3.05, 3.63) is 12.2 Å². The second kappa shape index (κ2) is 20.2. The minimum absolute atomic E-state index is 0.0731. The number of Topliss-reactive ketones (excluding diaryl/α,β-unsaturated/α-hetero) is 1. The highest BCUT2D eigenvalue weighted by Gasteiger charge is 2.18. The number of unbranched alkanes of at least 4 members (excludes halogenated alkanes) is 16. The lowest BCUT2D eigenvalue weighted by Crippen LogP contribution is -2.25. The lowest BCUT2D eigenvalue weighted by molar-refractivity contribution is -0.151. The molecule has 0 fully saturated rings. The van der Waals surface area contributed by atoms with Gasteiger partial charge in [-0.05, 0) is 26.7 Å². The smallest absolute Gasteiger partial charge is 0.333 e. The molecule has 29 heavy (non-hydrogen) atoms. The second-order valence-corrected chi connectivity index (χ2v) is 8.73. The summed E-state index contributed by atoms with van der Waals surface area (Å²) in [4.78, 5) is 23.2. The Balaban J connectivity index is 3.39. The third-order valence-corrected chi connectivity index (χ3v) is 5.62. The van der Waals surface area contributed by atoms with Crippen LogP contribution in [0.1, 0.15) is 136 Å². The number of ketones is 1. The van der Waals surface area contributed by atoms with Crippen LogP contribution in [0.2, 0.25) is 0 Å². The van der Waals surface area contributed by atoms with Gasteiger partial charge in [-0.25, -0.2) is 4.79 Å². The molecule has 0 N–H and O–H groups in total. The molecule has 3 heteroatoms. The molecule has 0 bridgehead atoms.